The molecule has 33 heavy (non-hydrogen) atoms. The summed E-state index contributed by atoms with van der Waals surface area (Å²) in [5.74, 6) is -0.334. The highest BCUT2D eigenvalue weighted by molar-refractivity contribution is 6.03. The second-order valence-corrected chi connectivity index (χ2v) is 7.85. The lowest BCUT2D eigenvalue weighted by Crippen LogP contribution is -2.37. The third-order valence-corrected chi connectivity index (χ3v) is 5.72. The summed E-state index contributed by atoms with van der Waals surface area (Å²) < 4.78 is 36.3. The van der Waals surface area contributed by atoms with Crippen LogP contribution < -0.4 is 20.1 Å². The summed E-state index contributed by atoms with van der Waals surface area (Å²) in [6.07, 6.45) is 2.07. The van der Waals surface area contributed by atoms with Gasteiger partial charge in [0.1, 0.15) is 0 Å². The number of ether oxygens (including phenoxy) is 2. The van der Waals surface area contributed by atoms with Crippen molar-refractivity contribution in [1.29, 1.82) is 0 Å². The van der Waals surface area contributed by atoms with Crippen LogP contribution in [0.25, 0.3) is 22.3 Å². The maximum absolute atomic E-state index is 13.2. The van der Waals surface area contributed by atoms with Gasteiger partial charge in [-0.25, -0.2) is 0 Å². The molecule has 4 rings (SSSR count). The molecule has 5 nitrogen and oxygen atoms in total. The van der Waals surface area contributed by atoms with Crippen LogP contribution in [-0.4, -0.2) is 38.8 Å². The van der Waals surface area contributed by atoms with E-state index < -0.39 is 6.61 Å². The number of carbonyl (C=O) groups excluding carboxylic acids is 1. The molecule has 1 saturated heterocycles. The molecule has 1 heterocycles. The second kappa shape index (κ2) is 10.4. The summed E-state index contributed by atoms with van der Waals surface area (Å²) in [4.78, 5) is 13.2. The van der Waals surface area contributed by atoms with E-state index in [1.165, 1.54) is 19.2 Å². The molecule has 1 fully saturated rings. The number of carbonyl (C=O) groups is 1. The average Bonchev–Trinajstić information content (AvgIpc) is 3.36. The number of amides is 1. The Bertz CT molecular complexity index is 1100. The molecule has 0 bridgehead atoms. The van der Waals surface area contributed by atoms with Gasteiger partial charge in [0.25, 0.3) is 5.91 Å². The summed E-state index contributed by atoms with van der Waals surface area (Å²) in [6.45, 7) is -1.60. The smallest absolute Gasteiger partial charge is 0.387 e. The fourth-order valence-electron chi connectivity index (χ4n) is 4.16. The zero-order valence-electron chi connectivity index (χ0n) is 18.3. The van der Waals surface area contributed by atoms with E-state index in [0.717, 1.165) is 30.5 Å². The number of methoxy groups -OCH3 is 1. The number of nitrogens with one attached hydrogen (secondary N) is 2. The van der Waals surface area contributed by atoms with Gasteiger partial charge in [0, 0.05) is 18.2 Å². The van der Waals surface area contributed by atoms with E-state index >= 15 is 0 Å². The van der Waals surface area contributed by atoms with E-state index in [0.29, 0.717) is 23.2 Å². The van der Waals surface area contributed by atoms with Crippen LogP contribution in [0.4, 0.5) is 8.78 Å². The number of hydrogen-bond acceptors (Lipinski definition) is 4. The first-order valence-corrected chi connectivity index (χ1v) is 10.9. The maximum Gasteiger partial charge on any atom is 0.387 e. The van der Waals surface area contributed by atoms with Crippen molar-refractivity contribution in [2.24, 2.45) is 0 Å². The van der Waals surface area contributed by atoms with E-state index in [1.54, 1.807) is 0 Å². The van der Waals surface area contributed by atoms with Crippen molar-refractivity contribution < 1.29 is 23.0 Å². The summed E-state index contributed by atoms with van der Waals surface area (Å²) in [6, 6.07) is 20.4. The van der Waals surface area contributed by atoms with Gasteiger partial charge in [-0.1, -0.05) is 48.5 Å². The van der Waals surface area contributed by atoms with Crippen LogP contribution in [0.3, 0.4) is 0 Å². The van der Waals surface area contributed by atoms with Crippen LogP contribution in [-0.2, 0) is 0 Å². The standard InChI is InChI=1S/C26H26F2N2O3/c1-32-24-22(33-26(27)28)13-12-21(25(31)30-16-20-11-6-14-29-20)23(24)19-10-5-9-18(15-19)17-7-3-2-4-8-17/h2-5,7-10,12-13,15,20,26,29H,6,11,14,16H2,1H3,(H,30,31)/t20-/m0/s1. The lowest BCUT2D eigenvalue weighted by molar-refractivity contribution is -0.0511. The van der Waals surface area contributed by atoms with Crippen molar-refractivity contribution >= 4 is 5.91 Å². The monoisotopic (exact) mass is 452 g/mol. The average molecular weight is 453 g/mol. The fourth-order valence-corrected chi connectivity index (χ4v) is 4.16. The van der Waals surface area contributed by atoms with Gasteiger partial charge < -0.3 is 20.1 Å². The van der Waals surface area contributed by atoms with Gasteiger partial charge >= 0.3 is 6.61 Å². The molecule has 0 radical (unpaired) electrons. The molecule has 1 atom stereocenters. The molecule has 3 aromatic carbocycles. The Balaban J connectivity index is 1.77. The lowest BCUT2D eigenvalue weighted by Gasteiger charge is -2.19. The number of hydrogen-bond donors (Lipinski definition) is 2. The molecule has 0 spiro atoms. The summed E-state index contributed by atoms with van der Waals surface area (Å²) in [5.41, 5.74) is 3.33. The Morgan fingerprint density at radius 3 is 2.52 bits per heavy atom. The van der Waals surface area contributed by atoms with Gasteiger partial charge in [-0.2, -0.15) is 8.78 Å². The van der Waals surface area contributed by atoms with Gasteiger partial charge in [-0.3, -0.25) is 4.79 Å². The molecule has 1 aliphatic rings. The molecule has 0 saturated carbocycles. The molecule has 1 amide bonds. The van der Waals surface area contributed by atoms with Crippen molar-refractivity contribution in [3.05, 3.63) is 72.3 Å². The van der Waals surface area contributed by atoms with E-state index in [1.807, 2.05) is 54.6 Å². The molecule has 2 N–H and O–H groups in total. The third kappa shape index (κ3) is 5.31. The van der Waals surface area contributed by atoms with Crippen LogP contribution in [0.15, 0.2) is 66.7 Å². The maximum atomic E-state index is 13.2. The zero-order valence-corrected chi connectivity index (χ0v) is 18.3. The molecule has 1 aliphatic heterocycles. The topological polar surface area (TPSA) is 59.6 Å². The zero-order chi connectivity index (χ0) is 23.2. The fraction of sp³-hybridized carbons (Fsp3) is 0.269. The Morgan fingerprint density at radius 1 is 1.06 bits per heavy atom. The number of halogens is 2. The molecule has 0 aliphatic carbocycles. The van der Waals surface area contributed by atoms with E-state index in [9.17, 15) is 13.6 Å². The quantitative estimate of drug-likeness (QED) is 0.499. The Kier molecular flexibility index (Phi) is 7.19. The highest BCUT2D eigenvalue weighted by atomic mass is 19.3. The first-order chi connectivity index (χ1) is 16.1. The first kappa shape index (κ1) is 22.7. The summed E-state index contributed by atoms with van der Waals surface area (Å²) in [7, 11) is 1.38. The minimum Gasteiger partial charge on any atom is -0.492 e. The largest absolute Gasteiger partial charge is 0.492 e. The van der Waals surface area contributed by atoms with E-state index in [-0.39, 0.29) is 23.4 Å². The second-order valence-electron chi connectivity index (χ2n) is 7.85. The van der Waals surface area contributed by atoms with Gasteiger partial charge in [0.05, 0.1) is 12.7 Å². The van der Waals surface area contributed by atoms with Gasteiger partial charge in [-0.15, -0.1) is 0 Å². The molecule has 3 aromatic rings. The molecule has 172 valence electrons. The van der Waals surface area contributed by atoms with Crippen molar-refractivity contribution in [3.63, 3.8) is 0 Å². The number of rotatable bonds is 8. The van der Waals surface area contributed by atoms with Crippen LogP contribution in [0.5, 0.6) is 11.5 Å². The molecular formula is C26H26F2N2O3. The van der Waals surface area contributed by atoms with Gasteiger partial charge in [-0.05, 0) is 54.3 Å². The Labute approximate surface area is 191 Å². The van der Waals surface area contributed by atoms with Crippen molar-refractivity contribution in [3.8, 4) is 33.8 Å². The summed E-state index contributed by atoms with van der Waals surface area (Å²) in [5, 5.41) is 6.31. The van der Waals surface area contributed by atoms with E-state index in [2.05, 4.69) is 15.4 Å². The molecule has 7 heteroatoms. The van der Waals surface area contributed by atoms with Gasteiger partial charge in [0.15, 0.2) is 11.5 Å². The van der Waals surface area contributed by atoms with Crippen LogP contribution in [0.2, 0.25) is 0 Å². The number of alkyl halides is 2. The van der Waals surface area contributed by atoms with Crippen molar-refractivity contribution in [2.75, 3.05) is 20.2 Å². The predicted molar refractivity (Wildman–Crippen MR) is 124 cm³/mol. The third-order valence-electron chi connectivity index (χ3n) is 5.72. The molecule has 0 unspecified atom stereocenters. The predicted octanol–water partition coefficient (Wildman–Crippen LogP) is 5.11. The van der Waals surface area contributed by atoms with Crippen molar-refractivity contribution in [1.82, 2.24) is 10.6 Å². The van der Waals surface area contributed by atoms with Crippen molar-refractivity contribution in [2.45, 2.75) is 25.5 Å². The molecular weight excluding hydrogens is 426 g/mol. The normalized spacial score (nSPS) is 15.5. The Hall–Kier alpha value is -3.45. The highest BCUT2D eigenvalue weighted by Crippen LogP contribution is 2.42. The van der Waals surface area contributed by atoms with Crippen LogP contribution in [0.1, 0.15) is 23.2 Å². The first-order valence-electron chi connectivity index (χ1n) is 10.9. The SMILES string of the molecule is COc1c(OC(F)F)ccc(C(=O)NC[C@@H]2CCCN2)c1-c1cccc(-c2ccccc2)c1. The Morgan fingerprint density at radius 2 is 1.82 bits per heavy atom. The van der Waals surface area contributed by atoms with E-state index in [4.69, 9.17) is 4.74 Å². The van der Waals surface area contributed by atoms with Crippen LogP contribution >= 0.6 is 0 Å². The minimum absolute atomic E-state index is 0.0900. The highest BCUT2D eigenvalue weighted by Gasteiger charge is 2.24. The molecule has 0 aromatic heterocycles. The number of benzene rings is 3. The lowest BCUT2D eigenvalue weighted by atomic mass is 9.94. The minimum atomic E-state index is -3.02. The van der Waals surface area contributed by atoms with Gasteiger partial charge in [0.2, 0.25) is 0 Å². The van der Waals surface area contributed by atoms with Crippen LogP contribution in [0, 0.1) is 0 Å². The summed E-state index contributed by atoms with van der Waals surface area (Å²) >= 11 is 0.